The van der Waals surface area contributed by atoms with Gasteiger partial charge in [0.25, 0.3) is 0 Å². The zero-order valence-corrected chi connectivity index (χ0v) is 10.8. The van der Waals surface area contributed by atoms with Crippen LogP contribution in [0, 0.1) is 5.92 Å². The van der Waals surface area contributed by atoms with Gasteiger partial charge in [0, 0.05) is 18.2 Å². The third-order valence-electron chi connectivity index (χ3n) is 3.06. The lowest BCUT2D eigenvalue weighted by atomic mass is 9.99. The Kier molecular flexibility index (Phi) is 4.24. The predicted molar refractivity (Wildman–Crippen MR) is 64.5 cm³/mol. The van der Waals surface area contributed by atoms with Crippen molar-refractivity contribution in [3.63, 3.8) is 0 Å². The molecule has 1 atom stereocenters. The van der Waals surface area contributed by atoms with Crippen LogP contribution in [0.25, 0.3) is 0 Å². The molecule has 4 nitrogen and oxygen atoms in total. The summed E-state index contributed by atoms with van der Waals surface area (Å²) in [6, 6.07) is 0. The van der Waals surface area contributed by atoms with Crippen molar-refractivity contribution in [1.29, 1.82) is 0 Å². The molecular formula is C11H19NO3S. The highest BCUT2D eigenvalue weighted by molar-refractivity contribution is 7.99. The summed E-state index contributed by atoms with van der Waals surface area (Å²) in [5, 5.41) is 9.14. The number of aliphatic carboxylic acids is 1. The number of hydrogen-bond acceptors (Lipinski definition) is 3. The zero-order valence-electron chi connectivity index (χ0n) is 10.0. The summed E-state index contributed by atoms with van der Waals surface area (Å²) in [7, 11) is 0. The Morgan fingerprint density at radius 3 is 2.50 bits per heavy atom. The van der Waals surface area contributed by atoms with Crippen LogP contribution in [0.2, 0.25) is 0 Å². The maximum atomic E-state index is 12.2. The number of carbonyl (C=O) groups is 2. The molecule has 0 bridgehead atoms. The normalized spacial score (nSPS) is 20.8. The van der Waals surface area contributed by atoms with Crippen LogP contribution in [-0.2, 0) is 9.59 Å². The first kappa shape index (κ1) is 13.4. The van der Waals surface area contributed by atoms with Gasteiger partial charge in [-0.15, -0.1) is 0 Å². The molecule has 1 N–H and O–H groups in total. The Balaban J connectivity index is 2.80. The van der Waals surface area contributed by atoms with Crippen molar-refractivity contribution in [2.75, 3.05) is 18.1 Å². The van der Waals surface area contributed by atoms with Gasteiger partial charge in [0.2, 0.25) is 5.91 Å². The van der Waals surface area contributed by atoms with E-state index in [9.17, 15) is 9.59 Å². The SMILES string of the molecule is CCN(C(=O)C1CCSC1)C(C)(C)C(=O)O. The Morgan fingerprint density at radius 2 is 2.12 bits per heavy atom. The number of likely N-dealkylation sites (N-methyl/N-ethyl adjacent to an activating group) is 1. The molecule has 1 aliphatic heterocycles. The van der Waals surface area contributed by atoms with Gasteiger partial charge in [0.15, 0.2) is 0 Å². The minimum atomic E-state index is -1.11. The standard InChI is InChI=1S/C11H19NO3S/c1-4-12(11(2,3)10(14)15)9(13)8-5-6-16-7-8/h8H,4-7H2,1-3H3,(H,14,15). The van der Waals surface area contributed by atoms with E-state index in [1.165, 1.54) is 4.90 Å². The molecule has 16 heavy (non-hydrogen) atoms. The average Bonchev–Trinajstić information content (AvgIpc) is 2.70. The number of nitrogens with zero attached hydrogens (tertiary/aromatic N) is 1. The highest BCUT2D eigenvalue weighted by atomic mass is 32.2. The summed E-state index contributed by atoms with van der Waals surface area (Å²) in [4.78, 5) is 24.8. The summed E-state index contributed by atoms with van der Waals surface area (Å²) in [6.45, 7) is 5.43. The van der Waals surface area contributed by atoms with Crippen LogP contribution in [0.15, 0.2) is 0 Å². The molecule has 5 heteroatoms. The summed E-state index contributed by atoms with van der Waals surface area (Å²) in [6.07, 6.45) is 0.871. The Morgan fingerprint density at radius 1 is 1.50 bits per heavy atom. The molecule has 0 aromatic heterocycles. The van der Waals surface area contributed by atoms with Crippen molar-refractivity contribution >= 4 is 23.6 Å². The van der Waals surface area contributed by atoms with Crippen LogP contribution in [0.1, 0.15) is 27.2 Å². The van der Waals surface area contributed by atoms with Crippen molar-refractivity contribution < 1.29 is 14.7 Å². The summed E-state index contributed by atoms with van der Waals surface area (Å²) >= 11 is 1.76. The molecule has 1 saturated heterocycles. The fraction of sp³-hybridized carbons (Fsp3) is 0.818. The van der Waals surface area contributed by atoms with Crippen LogP contribution < -0.4 is 0 Å². The molecule has 1 amide bonds. The lowest BCUT2D eigenvalue weighted by Crippen LogP contribution is -2.54. The number of carboxylic acid groups (broad SMARTS) is 1. The van der Waals surface area contributed by atoms with Gasteiger partial charge in [-0.25, -0.2) is 4.79 Å². The largest absolute Gasteiger partial charge is 0.480 e. The molecule has 0 aliphatic carbocycles. The van der Waals surface area contributed by atoms with Crippen LogP contribution >= 0.6 is 11.8 Å². The zero-order chi connectivity index (χ0) is 12.3. The first-order valence-electron chi connectivity index (χ1n) is 5.53. The van der Waals surface area contributed by atoms with E-state index in [0.717, 1.165) is 17.9 Å². The predicted octanol–water partition coefficient (Wildman–Crippen LogP) is 1.45. The molecule has 0 saturated carbocycles. The van der Waals surface area contributed by atoms with E-state index in [1.54, 1.807) is 25.6 Å². The Labute approximate surface area is 100 Å². The number of rotatable bonds is 4. The van der Waals surface area contributed by atoms with Gasteiger partial charge in [0.05, 0.1) is 0 Å². The number of thioether (sulfide) groups is 1. The fourth-order valence-electron chi connectivity index (χ4n) is 1.89. The minimum Gasteiger partial charge on any atom is -0.480 e. The molecule has 92 valence electrons. The molecule has 0 spiro atoms. The highest BCUT2D eigenvalue weighted by Crippen LogP contribution is 2.27. The number of carboxylic acids is 1. The summed E-state index contributed by atoms with van der Waals surface area (Å²) < 4.78 is 0. The van der Waals surface area contributed by atoms with Crippen LogP contribution in [0.4, 0.5) is 0 Å². The van der Waals surface area contributed by atoms with Crippen molar-refractivity contribution in [3.05, 3.63) is 0 Å². The van der Waals surface area contributed by atoms with Gasteiger partial charge in [-0.1, -0.05) is 0 Å². The van der Waals surface area contributed by atoms with E-state index >= 15 is 0 Å². The molecule has 1 heterocycles. The molecule has 0 aromatic carbocycles. The van der Waals surface area contributed by atoms with Gasteiger partial charge < -0.3 is 10.0 Å². The van der Waals surface area contributed by atoms with Crippen molar-refractivity contribution in [2.24, 2.45) is 5.92 Å². The van der Waals surface area contributed by atoms with Gasteiger partial charge >= 0.3 is 5.97 Å². The van der Waals surface area contributed by atoms with Crippen molar-refractivity contribution in [1.82, 2.24) is 4.90 Å². The molecular weight excluding hydrogens is 226 g/mol. The van der Waals surface area contributed by atoms with E-state index < -0.39 is 11.5 Å². The van der Waals surface area contributed by atoms with Gasteiger partial charge in [0.1, 0.15) is 5.54 Å². The topological polar surface area (TPSA) is 57.6 Å². The lowest BCUT2D eigenvalue weighted by Gasteiger charge is -2.35. The molecule has 1 rings (SSSR count). The van der Waals surface area contributed by atoms with E-state index in [2.05, 4.69) is 0 Å². The first-order chi connectivity index (χ1) is 7.41. The number of hydrogen-bond donors (Lipinski definition) is 1. The van der Waals surface area contributed by atoms with Gasteiger partial charge in [-0.2, -0.15) is 11.8 Å². The number of amides is 1. The van der Waals surface area contributed by atoms with Gasteiger partial charge in [-0.05, 0) is 32.9 Å². The second kappa shape index (κ2) is 5.08. The maximum absolute atomic E-state index is 12.2. The van der Waals surface area contributed by atoms with E-state index in [-0.39, 0.29) is 11.8 Å². The summed E-state index contributed by atoms with van der Waals surface area (Å²) in [5.41, 5.74) is -1.11. The third-order valence-corrected chi connectivity index (χ3v) is 4.22. The van der Waals surface area contributed by atoms with E-state index in [1.807, 2.05) is 6.92 Å². The second-order valence-electron chi connectivity index (χ2n) is 4.51. The smallest absolute Gasteiger partial charge is 0.329 e. The molecule has 1 fully saturated rings. The number of carbonyl (C=O) groups excluding carboxylic acids is 1. The lowest BCUT2D eigenvalue weighted by molar-refractivity contribution is -0.158. The van der Waals surface area contributed by atoms with Crippen LogP contribution in [0.3, 0.4) is 0 Å². The van der Waals surface area contributed by atoms with Crippen LogP contribution in [0.5, 0.6) is 0 Å². The van der Waals surface area contributed by atoms with E-state index in [4.69, 9.17) is 5.11 Å². The maximum Gasteiger partial charge on any atom is 0.329 e. The Bertz CT molecular complexity index is 285. The molecule has 1 aliphatic rings. The quantitative estimate of drug-likeness (QED) is 0.814. The molecule has 1 unspecified atom stereocenters. The minimum absolute atomic E-state index is 0.00331. The van der Waals surface area contributed by atoms with Crippen molar-refractivity contribution in [2.45, 2.75) is 32.7 Å². The van der Waals surface area contributed by atoms with Crippen LogP contribution in [-0.4, -0.2) is 45.5 Å². The highest BCUT2D eigenvalue weighted by Gasteiger charge is 2.39. The molecule has 0 radical (unpaired) electrons. The molecule has 0 aromatic rings. The average molecular weight is 245 g/mol. The Hall–Kier alpha value is -0.710. The monoisotopic (exact) mass is 245 g/mol. The van der Waals surface area contributed by atoms with Crippen molar-refractivity contribution in [3.8, 4) is 0 Å². The second-order valence-corrected chi connectivity index (χ2v) is 5.66. The van der Waals surface area contributed by atoms with E-state index in [0.29, 0.717) is 6.54 Å². The first-order valence-corrected chi connectivity index (χ1v) is 6.69. The third kappa shape index (κ3) is 2.51. The summed E-state index contributed by atoms with van der Waals surface area (Å²) in [5.74, 6) is 0.865. The fourth-order valence-corrected chi connectivity index (χ4v) is 3.10. The van der Waals surface area contributed by atoms with Gasteiger partial charge in [-0.3, -0.25) is 4.79 Å².